The molecular formula is C41H74O6. The predicted octanol–water partition coefficient (Wildman–Crippen LogP) is 12.1. The molecule has 1 unspecified atom stereocenters. The molecule has 47 heavy (non-hydrogen) atoms. The van der Waals surface area contributed by atoms with E-state index in [1.165, 1.54) is 77.0 Å². The number of carbonyl (C=O) groups excluding carboxylic acids is 3. The number of hydrogen-bond donors (Lipinski definition) is 0. The second-order valence-corrected chi connectivity index (χ2v) is 13.2. The quantitative estimate of drug-likeness (QED) is 0.0291. The Bertz CT molecular complexity index is 774. The van der Waals surface area contributed by atoms with E-state index in [-0.39, 0.29) is 31.1 Å². The minimum Gasteiger partial charge on any atom is -0.462 e. The van der Waals surface area contributed by atoms with E-state index in [0.29, 0.717) is 19.3 Å². The lowest BCUT2D eigenvalue weighted by atomic mass is 10.1. The number of esters is 3. The van der Waals surface area contributed by atoms with Crippen LogP contribution in [-0.2, 0) is 28.6 Å². The molecule has 0 bridgehead atoms. The molecule has 0 aliphatic rings. The summed E-state index contributed by atoms with van der Waals surface area (Å²) in [4.78, 5) is 37.2. The topological polar surface area (TPSA) is 78.9 Å². The Kier molecular flexibility index (Phi) is 35.1. The van der Waals surface area contributed by atoms with Crippen LogP contribution in [0.5, 0.6) is 0 Å². The van der Waals surface area contributed by atoms with Gasteiger partial charge in [-0.15, -0.1) is 0 Å². The first-order valence-electron chi connectivity index (χ1n) is 19.8. The van der Waals surface area contributed by atoms with Crippen LogP contribution in [0, 0.1) is 0 Å². The molecule has 6 heteroatoms. The van der Waals surface area contributed by atoms with Gasteiger partial charge in [0.2, 0.25) is 0 Å². The SMILES string of the molecule is CCCCC/C=C\CCCCCCCC(=O)OCC(COC(=O)CCCCCCC)OC(=O)CCCCCCC/C=C\CCCCC. The van der Waals surface area contributed by atoms with Gasteiger partial charge in [0.05, 0.1) is 0 Å². The molecular weight excluding hydrogens is 588 g/mol. The van der Waals surface area contributed by atoms with Gasteiger partial charge < -0.3 is 14.2 Å². The molecule has 0 saturated heterocycles. The molecule has 0 rings (SSSR count). The number of ether oxygens (including phenoxy) is 3. The van der Waals surface area contributed by atoms with Crippen molar-refractivity contribution in [3.8, 4) is 0 Å². The van der Waals surface area contributed by atoms with Crippen molar-refractivity contribution in [2.75, 3.05) is 13.2 Å². The molecule has 6 nitrogen and oxygen atoms in total. The fraction of sp³-hybridized carbons (Fsp3) is 0.829. The third kappa shape index (κ3) is 35.0. The van der Waals surface area contributed by atoms with Gasteiger partial charge in [-0.25, -0.2) is 0 Å². The second kappa shape index (κ2) is 36.7. The molecule has 0 heterocycles. The van der Waals surface area contributed by atoms with Crippen molar-refractivity contribution in [1.29, 1.82) is 0 Å². The van der Waals surface area contributed by atoms with E-state index in [2.05, 4.69) is 45.1 Å². The maximum Gasteiger partial charge on any atom is 0.306 e. The average molecular weight is 663 g/mol. The summed E-state index contributed by atoms with van der Waals surface area (Å²) in [6, 6.07) is 0. The van der Waals surface area contributed by atoms with Gasteiger partial charge in [0, 0.05) is 19.3 Å². The molecule has 0 radical (unpaired) electrons. The van der Waals surface area contributed by atoms with Crippen LogP contribution in [0.1, 0.15) is 201 Å². The van der Waals surface area contributed by atoms with E-state index in [9.17, 15) is 14.4 Å². The first-order chi connectivity index (χ1) is 23.0. The van der Waals surface area contributed by atoms with E-state index in [1.54, 1.807) is 0 Å². The van der Waals surface area contributed by atoms with Crippen LogP contribution < -0.4 is 0 Å². The van der Waals surface area contributed by atoms with Crippen LogP contribution in [0.25, 0.3) is 0 Å². The summed E-state index contributed by atoms with van der Waals surface area (Å²) in [5.74, 6) is -0.914. The Morgan fingerprint density at radius 2 is 0.702 bits per heavy atom. The zero-order chi connectivity index (χ0) is 34.5. The standard InChI is InChI=1S/C41H74O6/c1-4-7-10-13-15-17-19-21-23-25-28-31-34-40(43)46-37-38(36-45-39(42)33-30-27-12-9-6-3)47-41(44)35-32-29-26-24-22-20-18-16-14-11-8-5-2/h15-18,38H,4-14,19-37H2,1-3H3/b17-15-,18-16-. The average Bonchev–Trinajstić information content (AvgIpc) is 3.06. The summed E-state index contributed by atoms with van der Waals surface area (Å²) in [6.07, 6.45) is 37.5. The van der Waals surface area contributed by atoms with E-state index in [4.69, 9.17) is 14.2 Å². The Balaban J connectivity index is 4.31. The molecule has 274 valence electrons. The number of carbonyl (C=O) groups is 3. The van der Waals surface area contributed by atoms with Crippen molar-refractivity contribution in [3.05, 3.63) is 24.3 Å². The highest BCUT2D eigenvalue weighted by Gasteiger charge is 2.19. The van der Waals surface area contributed by atoms with Gasteiger partial charge in [0.25, 0.3) is 0 Å². The highest BCUT2D eigenvalue weighted by Crippen LogP contribution is 2.12. The fourth-order valence-electron chi connectivity index (χ4n) is 5.37. The van der Waals surface area contributed by atoms with E-state index < -0.39 is 6.10 Å². The predicted molar refractivity (Wildman–Crippen MR) is 196 cm³/mol. The number of allylic oxidation sites excluding steroid dienone is 4. The van der Waals surface area contributed by atoms with Gasteiger partial charge in [0.15, 0.2) is 6.10 Å². The molecule has 0 N–H and O–H groups in total. The van der Waals surface area contributed by atoms with Crippen molar-refractivity contribution in [2.45, 2.75) is 207 Å². The highest BCUT2D eigenvalue weighted by atomic mass is 16.6. The first kappa shape index (κ1) is 44.9. The molecule has 0 saturated carbocycles. The molecule has 0 aromatic carbocycles. The Morgan fingerprint density at radius 1 is 0.404 bits per heavy atom. The van der Waals surface area contributed by atoms with E-state index >= 15 is 0 Å². The van der Waals surface area contributed by atoms with Crippen LogP contribution in [0.15, 0.2) is 24.3 Å². The molecule has 0 aliphatic carbocycles. The second-order valence-electron chi connectivity index (χ2n) is 13.2. The fourth-order valence-corrected chi connectivity index (χ4v) is 5.37. The van der Waals surface area contributed by atoms with Gasteiger partial charge in [-0.1, -0.05) is 135 Å². The molecule has 0 aromatic rings. The molecule has 0 spiro atoms. The Hall–Kier alpha value is -2.11. The van der Waals surface area contributed by atoms with Gasteiger partial charge in [-0.2, -0.15) is 0 Å². The summed E-state index contributed by atoms with van der Waals surface area (Å²) in [5, 5.41) is 0. The summed E-state index contributed by atoms with van der Waals surface area (Å²) in [5.41, 5.74) is 0. The maximum atomic E-state index is 12.6. The van der Waals surface area contributed by atoms with Crippen molar-refractivity contribution in [3.63, 3.8) is 0 Å². The van der Waals surface area contributed by atoms with Crippen molar-refractivity contribution in [1.82, 2.24) is 0 Å². The van der Waals surface area contributed by atoms with Crippen LogP contribution in [0.2, 0.25) is 0 Å². The third-order valence-electron chi connectivity index (χ3n) is 8.43. The highest BCUT2D eigenvalue weighted by molar-refractivity contribution is 5.71. The molecule has 0 fully saturated rings. The monoisotopic (exact) mass is 663 g/mol. The molecule has 0 aromatic heterocycles. The summed E-state index contributed by atoms with van der Waals surface area (Å²) in [7, 11) is 0. The van der Waals surface area contributed by atoms with E-state index in [1.807, 2.05) is 0 Å². The lowest BCUT2D eigenvalue weighted by molar-refractivity contribution is -0.167. The van der Waals surface area contributed by atoms with Gasteiger partial charge >= 0.3 is 17.9 Å². The van der Waals surface area contributed by atoms with Gasteiger partial charge in [0.1, 0.15) is 13.2 Å². The van der Waals surface area contributed by atoms with Crippen molar-refractivity contribution < 1.29 is 28.6 Å². The molecule has 0 amide bonds. The van der Waals surface area contributed by atoms with Crippen LogP contribution in [0.4, 0.5) is 0 Å². The molecule has 0 aliphatic heterocycles. The lowest BCUT2D eigenvalue weighted by Gasteiger charge is -2.18. The number of unbranched alkanes of at least 4 members (excludes halogenated alkanes) is 20. The Labute approximate surface area is 290 Å². The number of hydrogen-bond acceptors (Lipinski definition) is 6. The Morgan fingerprint density at radius 3 is 1.11 bits per heavy atom. The zero-order valence-corrected chi connectivity index (χ0v) is 31.0. The smallest absolute Gasteiger partial charge is 0.306 e. The van der Waals surface area contributed by atoms with Crippen LogP contribution >= 0.6 is 0 Å². The van der Waals surface area contributed by atoms with Gasteiger partial charge in [-0.05, 0) is 70.6 Å². The van der Waals surface area contributed by atoms with E-state index in [0.717, 1.165) is 83.5 Å². The minimum atomic E-state index is -0.769. The van der Waals surface area contributed by atoms with Crippen LogP contribution in [-0.4, -0.2) is 37.2 Å². The van der Waals surface area contributed by atoms with Crippen LogP contribution in [0.3, 0.4) is 0 Å². The normalized spacial score (nSPS) is 12.1. The largest absolute Gasteiger partial charge is 0.462 e. The number of rotatable bonds is 35. The summed E-state index contributed by atoms with van der Waals surface area (Å²) < 4.78 is 16.5. The third-order valence-corrected chi connectivity index (χ3v) is 8.43. The first-order valence-corrected chi connectivity index (χ1v) is 19.8. The zero-order valence-electron chi connectivity index (χ0n) is 31.0. The molecule has 1 atom stereocenters. The minimum absolute atomic E-state index is 0.0776. The summed E-state index contributed by atoms with van der Waals surface area (Å²) in [6.45, 7) is 6.47. The summed E-state index contributed by atoms with van der Waals surface area (Å²) >= 11 is 0. The van der Waals surface area contributed by atoms with Gasteiger partial charge in [-0.3, -0.25) is 14.4 Å². The van der Waals surface area contributed by atoms with Crippen molar-refractivity contribution >= 4 is 17.9 Å². The maximum absolute atomic E-state index is 12.6. The van der Waals surface area contributed by atoms with Crippen molar-refractivity contribution in [2.24, 2.45) is 0 Å². The lowest BCUT2D eigenvalue weighted by Crippen LogP contribution is -2.30.